The Kier molecular flexibility index (Phi) is 7.77. The van der Waals surface area contributed by atoms with Crippen LogP contribution in [0, 0.1) is 19.8 Å². The molecule has 9 heteroatoms. The molecule has 0 bridgehead atoms. The maximum absolute atomic E-state index is 14.3. The van der Waals surface area contributed by atoms with Crippen molar-refractivity contribution in [2.24, 2.45) is 5.92 Å². The van der Waals surface area contributed by atoms with Crippen LogP contribution in [0.4, 0.5) is 5.82 Å². The summed E-state index contributed by atoms with van der Waals surface area (Å²) in [5.41, 5.74) is 3.39. The van der Waals surface area contributed by atoms with E-state index in [0.29, 0.717) is 28.2 Å². The second kappa shape index (κ2) is 11.5. The maximum Gasteiger partial charge on any atom is 0.256 e. The third-order valence-electron chi connectivity index (χ3n) is 8.93. The number of likely N-dealkylation sites (tertiary alicyclic amines) is 2. The van der Waals surface area contributed by atoms with Gasteiger partial charge in [-0.05, 0) is 99.5 Å². The number of amides is 3. The Morgan fingerprint density at radius 1 is 1.02 bits per heavy atom. The lowest BCUT2D eigenvalue weighted by Crippen LogP contribution is -2.57. The average molecular weight is 586 g/mol. The van der Waals surface area contributed by atoms with Gasteiger partial charge in [-0.2, -0.15) is 0 Å². The first-order chi connectivity index (χ1) is 20.2. The minimum atomic E-state index is -1.23. The summed E-state index contributed by atoms with van der Waals surface area (Å²) in [6.45, 7) is 7.68. The fraction of sp³-hybridized carbons (Fsp3) is 0.394. The predicted octanol–water partition coefficient (Wildman–Crippen LogP) is 5.08. The van der Waals surface area contributed by atoms with Crippen LogP contribution in [0.2, 0.25) is 5.02 Å². The smallest absolute Gasteiger partial charge is 0.256 e. The summed E-state index contributed by atoms with van der Waals surface area (Å²) in [6, 6.07) is 16.9. The molecule has 3 aliphatic rings. The Bertz CT molecular complexity index is 1540. The van der Waals surface area contributed by atoms with Crippen molar-refractivity contribution >= 4 is 35.1 Å². The van der Waals surface area contributed by atoms with Crippen molar-refractivity contribution < 1.29 is 14.4 Å². The van der Waals surface area contributed by atoms with E-state index in [0.717, 1.165) is 69.0 Å². The maximum atomic E-state index is 14.3. The summed E-state index contributed by atoms with van der Waals surface area (Å²) >= 11 is 6.22. The monoisotopic (exact) mass is 585 g/mol. The number of nitrogens with one attached hydrogen (secondary N) is 2. The Morgan fingerprint density at radius 3 is 2.50 bits per heavy atom. The number of hydrogen-bond acceptors (Lipinski definition) is 5. The fourth-order valence-corrected chi connectivity index (χ4v) is 6.90. The van der Waals surface area contributed by atoms with Crippen LogP contribution >= 0.6 is 11.6 Å². The molecule has 42 heavy (non-hydrogen) atoms. The first-order valence-corrected chi connectivity index (χ1v) is 15.1. The largest absolute Gasteiger partial charge is 0.339 e. The SMILES string of the molecule is Cc1cc(C(=O)N2CCCC2)cc(NC(=O)[C@]2(C3CCN(Cc4ccc(Cl)c(C)c4)CC3)NC(=O)c3ccccc32)n1. The third kappa shape index (κ3) is 5.29. The first-order valence-electron chi connectivity index (χ1n) is 14.7. The number of hydrogen-bond donors (Lipinski definition) is 2. The zero-order valence-corrected chi connectivity index (χ0v) is 24.8. The molecule has 1 atom stereocenters. The van der Waals surface area contributed by atoms with Gasteiger partial charge < -0.3 is 15.5 Å². The number of rotatable bonds is 6. The molecule has 0 radical (unpaired) electrons. The number of carbonyl (C=O) groups is 3. The van der Waals surface area contributed by atoms with Crippen molar-refractivity contribution in [2.75, 3.05) is 31.5 Å². The standard InChI is InChI=1S/C33H36ClN5O3/c1-21-17-23(9-10-28(21)34)20-38-15-11-25(12-16-38)33(27-8-4-3-7-26(27)30(40)37-33)32(42)36-29-19-24(18-22(2)35-29)31(41)39-13-5-6-14-39/h3-4,7-10,17-19,25H,5-6,11-16,20H2,1-2H3,(H,37,40)(H,35,36,42)/t33-/m1/s1. The zero-order chi connectivity index (χ0) is 29.4. The second-order valence-corrected chi connectivity index (χ2v) is 12.2. The van der Waals surface area contributed by atoms with E-state index in [2.05, 4.69) is 32.7 Å². The van der Waals surface area contributed by atoms with Crippen LogP contribution in [0.25, 0.3) is 0 Å². The number of anilines is 1. The number of nitrogens with zero attached hydrogens (tertiary/aromatic N) is 3. The average Bonchev–Trinajstić information content (AvgIpc) is 3.62. The van der Waals surface area contributed by atoms with Gasteiger partial charge in [0, 0.05) is 41.5 Å². The highest BCUT2D eigenvalue weighted by Gasteiger charge is 2.54. The molecule has 3 aromatic rings. The van der Waals surface area contributed by atoms with E-state index in [-0.39, 0.29) is 23.6 Å². The number of halogens is 1. The highest BCUT2D eigenvalue weighted by atomic mass is 35.5. The summed E-state index contributed by atoms with van der Waals surface area (Å²) in [7, 11) is 0. The minimum Gasteiger partial charge on any atom is -0.339 e. The Hall–Kier alpha value is -3.75. The van der Waals surface area contributed by atoms with Gasteiger partial charge in [-0.1, -0.05) is 41.9 Å². The van der Waals surface area contributed by atoms with Crippen LogP contribution in [-0.4, -0.2) is 58.7 Å². The summed E-state index contributed by atoms with van der Waals surface area (Å²) in [5.74, 6) is -0.432. The number of benzene rings is 2. The van der Waals surface area contributed by atoms with E-state index in [1.54, 1.807) is 18.2 Å². The fourth-order valence-electron chi connectivity index (χ4n) is 6.79. The molecule has 0 saturated carbocycles. The van der Waals surface area contributed by atoms with Crippen LogP contribution in [0.1, 0.15) is 68.8 Å². The molecular weight excluding hydrogens is 550 g/mol. The van der Waals surface area contributed by atoms with Crippen LogP contribution in [0.3, 0.4) is 0 Å². The molecule has 1 aromatic heterocycles. The summed E-state index contributed by atoms with van der Waals surface area (Å²) in [5, 5.41) is 6.88. The second-order valence-electron chi connectivity index (χ2n) is 11.8. The number of carbonyl (C=O) groups excluding carboxylic acids is 3. The summed E-state index contributed by atoms with van der Waals surface area (Å²) in [4.78, 5) is 49.5. The number of aryl methyl sites for hydroxylation is 2. The topological polar surface area (TPSA) is 94.6 Å². The molecule has 6 rings (SSSR count). The predicted molar refractivity (Wildman–Crippen MR) is 163 cm³/mol. The van der Waals surface area contributed by atoms with Gasteiger partial charge in [-0.3, -0.25) is 19.3 Å². The molecule has 218 valence electrons. The summed E-state index contributed by atoms with van der Waals surface area (Å²) in [6.07, 6.45) is 3.46. The van der Waals surface area contributed by atoms with Crippen molar-refractivity contribution in [1.29, 1.82) is 0 Å². The van der Waals surface area contributed by atoms with Gasteiger partial charge in [-0.25, -0.2) is 4.98 Å². The Balaban J connectivity index is 1.26. The molecule has 2 saturated heterocycles. The van der Waals surface area contributed by atoms with Crippen LogP contribution in [0.5, 0.6) is 0 Å². The summed E-state index contributed by atoms with van der Waals surface area (Å²) < 4.78 is 0. The first kappa shape index (κ1) is 28.4. The number of pyridine rings is 1. The van der Waals surface area contributed by atoms with Crippen LogP contribution in [-0.2, 0) is 16.9 Å². The third-order valence-corrected chi connectivity index (χ3v) is 9.35. The molecule has 0 aliphatic carbocycles. The van der Waals surface area contributed by atoms with Crippen molar-refractivity contribution in [3.8, 4) is 0 Å². The number of fused-ring (bicyclic) bond motifs is 1. The Labute approximate surface area is 251 Å². The molecule has 3 amide bonds. The lowest BCUT2D eigenvalue weighted by atomic mass is 9.73. The molecule has 2 aromatic carbocycles. The molecule has 2 fully saturated rings. The molecule has 0 spiro atoms. The lowest BCUT2D eigenvalue weighted by molar-refractivity contribution is -0.125. The van der Waals surface area contributed by atoms with E-state index in [4.69, 9.17) is 11.6 Å². The molecule has 0 unspecified atom stereocenters. The quantitative estimate of drug-likeness (QED) is 0.421. The van der Waals surface area contributed by atoms with Gasteiger partial charge in [0.25, 0.3) is 17.7 Å². The molecule has 3 aliphatic heterocycles. The van der Waals surface area contributed by atoms with Gasteiger partial charge in [0.15, 0.2) is 0 Å². The molecular formula is C33H36ClN5O3. The molecule has 2 N–H and O–H groups in total. The van der Waals surface area contributed by atoms with Crippen LogP contribution < -0.4 is 10.6 Å². The molecule has 4 heterocycles. The van der Waals surface area contributed by atoms with Crippen LogP contribution in [0.15, 0.2) is 54.6 Å². The number of piperidine rings is 1. The van der Waals surface area contributed by atoms with Crippen molar-refractivity contribution in [2.45, 2.75) is 51.6 Å². The van der Waals surface area contributed by atoms with E-state index in [1.165, 1.54) is 5.56 Å². The van der Waals surface area contributed by atoms with Gasteiger partial charge in [0.05, 0.1) is 0 Å². The van der Waals surface area contributed by atoms with Crippen molar-refractivity contribution in [1.82, 2.24) is 20.1 Å². The van der Waals surface area contributed by atoms with Gasteiger partial charge in [0.1, 0.15) is 11.4 Å². The van der Waals surface area contributed by atoms with Crippen molar-refractivity contribution in [3.63, 3.8) is 0 Å². The van der Waals surface area contributed by atoms with Crippen molar-refractivity contribution in [3.05, 3.63) is 93.1 Å². The minimum absolute atomic E-state index is 0.0500. The molecule has 8 nitrogen and oxygen atoms in total. The van der Waals surface area contributed by atoms with Gasteiger partial charge >= 0.3 is 0 Å². The van der Waals surface area contributed by atoms with Gasteiger partial charge in [-0.15, -0.1) is 0 Å². The lowest BCUT2D eigenvalue weighted by Gasteiger charge is -2.42. The number of aromatic nitrogens is 1. The van der Waals surface area contributed by atoms with Gasteiger partial charge in [0.2, 0.25) is 0 Å². The van der Waals surface area contributed by atoms with E-state index >= 15 is 0 Å². The zero-order valence-electron chi connectivity index (χ0n) is 24.1. The highest BCUT2D eigenvalue weighted by Crippen LogP contribution is 2.43. The highest BCUT2D eigenvalue weighted by molar-refractivity contribution is 6.31. The van der Waals surface area contributed by atoms with E-state index in [9.17, 15) is 14.4 Å². The Morgan fingerprint density at radius 2 is 1.76 bits per heavy atom. The van der Waals surface area contributed by atoms with E-state index in [1.807, 2.05) is 43.0 Å². The van der Waals surface area contributed by atoms with E-state index < -0.39 is 5.54 Å². The normalized spacial score (nSPS) is 20.8.